The third-order valence-corrected chi connectivity index (χ3v) is 9.18. The van der Waals surface area contributed by atoms with Gasteiger partial charge in [-0.1, -0.05) is 60.3 Å². The molecular formula is C21H38O6Si. The minimum atomic E-state index is -2.19. The fourth-order valence-corrected chi connectivity index (χ4v) is 7.58. The van der Waals surface area contributed by atoms with Gasteiger partial charge in [-0.25, -0.2) is 14.4 Å². The highest BCUT2D eigenvalue weighted by atomic mass is 28.4. The Morgan fingerprint density at radius 3 is 1.79 bits per heavy atom. The van der Waals surface area contributed by atoms with Crippen molar-refractivity contribution in [3.05, 3.63) is 12.2 Å². The van der Waals surface area contributed by atoms with E-state index < -0.39 is 32.3 Å². The van der Waals surface area contributed by atoms with Gasteiger partial charge in [0.05, 0.1) is 6.61 Å². The molecule has 6 nitrogen and oxygen atoms in total. The van der Waals surface area contributed by atoms with Gasteiger partial charge >= 0.3 is 17.9 Å². The van der Waals surface area contributed by atoms with Gasteiger partial charge < -0.3 is 13.9 Å². The molecule has 162 valence electrons. The maximum absolute atomic E-state index is 12.8. The molecule has 0 radical (unpaired) electrons. The van der Waals surface area contributed by atoms with Crippen molar-refractivity contribution in [1.82, 2.24) is 0 Å². The van der Waals surface area contributed by atoms with Gasteiger partial charge in [-0.2, -0.15) is 0 Å². The van der Waals surface area contributed by atoms with Crippen LogP contribution in [-0.2, 0) is 28.3 Å². The van der Waals surface area contributed by atoms with Crippen LogP contribution >= 0.6 is 0 Å². The summed E-state index contributed by atoms with van der Waals surface area (Å²) >= 11 is 0. The first-order valence-corrected chi connectivity index (χ1v) is 13.2. The van der Waals surface area contributed by atoms with Crippen molar-refractivity contribution < 1.29 is 28.3 Å². The first-order valence-electron chi connectivity index (χ1n) is 10.7. The highest BCUT2D eigenvalue weighted by Gasteiger charge is 2.38. The van der Waals surface area contributed by atoms with Crippen LogP contribution in [0.5, 0.6) is 0 Å². The van der Waals surface area contributed by atoms with Gasteiger partial charge in [0.1, 0.15) is 0 Å². The summed E-state index contributed by atoms with van der Waals surface area (Å²) < 4.78 is 16.2. The van der Waals surface area contributed by atoms with Crippen molar-refractivity contribution in [3.63, 3.8) is 0 Å². The van der Waals surface area contributed by atoms with E-state index >= 15 is 0 Å². The zero-order valence-corrected chi connectivity index (χ0v) is 19.3. The maximum atomic E-state index is 12.8. The summed E-state index contributed by atoms with van der Waals surface area (Å²) in [5.74, 6) is -1.79. The first kappa shape index (κ1) is 26.4. The molecule has 0 aromatic carbocycles. The van der Waals surface area contributed by atoms with E-state index in [1.807, 2.05) is 13.8 Å². The topological polar surface area (TPSA) is 78.9 Å². The largest absolute Gasteiger partial charge is 0.516 e. The number of rotatable bonds is 15. The van der Waals surface area contributed by atoms with Crippen LogP contribution in [-0.4, -0.2) is 38.9 Å². The molecule has 0 aliphatic rings. The minimum absolute atomic E-state index is 0.294. The molecule has 7 heteroatoms. The normalized spacial score (nSPS) is 12.6. The smallest absolute Gasteiger partial charge is 0.334 e. The lowest BCUT2D eigenvalue weighted by molar-refractivity contribution is -0.160. The predicted octanol–water partition coefficient (Wildman–Crippen LogP) is 4.93. The Labute approximate surface area is 171 Å². The summed E-state index contributed by atoms with van der Waals surface area (Å²) in [4.78, 5) is 36.3. The molecule has 0 amide bonds. The van der Waals surface area contributed by atoms with Crippen LogP contribution in [0.2, 0.25) is 18.1 Å². The van der Waals surface area contributed by atoms with Crippen LogP contribution < -0.4 is 0 Å². The second kappa shape index (κ2) is 15.3. The summed E-state index contributed by atoms with van der Waals surface area (Å²) in [6.45, 7) is 10.4. The van der Waals surface area contributed by atoms with Crippen molar-refractivity contribution in [1.29, 1.82) is 0 Å². The van der Waals surface area contributed by atoms with Crippen LogP contribution in [0.25, 0.3) is 0 Å². The highest BCUT2D eigenvalue weighted by molar-refractivity contribution is 6.75. The summed E-state index contributed by atoms with van der Waals surface area (Å²) in [7, 11) is -2.19. The molecule has 1 unspecified atom stereocenters. The molecule has 0 N–H and O–H groups in total. The minimum Gasteiger partial charge on any atom is -0.516 e. The number of hydrogen-bond donors (Lipinski definition) is 0. The summed E-state index contributed by atoms with van der Waals surface area (Å²) in [6, 6.07) is 2.78. The predicted molar refractivity (Wildman–Crippen MR) is 112 cm³/mol. The molecular weight excluding hydrogens is 376 g/mol. The Hall–Kier alpha value is -1.63. The number of esters is 2. The van der Waals surface area contributed by atoms with E-state index in [1.165, 1.54) is 0 Å². The van der Waals surface area contributed by atoms with Gasteiger partial charge in [0.2, 0.25) is 0 Å². The number of hydrogen-bond acceptors (Lipinski definition) is 6. The lowest BCUT2D eigenvalue weighted by atomic mass is 10.2. The molecule has 28 heavy (non-hydrogen) atoms. The van der Waals surface area contributed by atoms with Crippen LogP contribution in [0.1, 0.15) is 73.1 Å². The van der Waals surface area contributed by atoms with E-state index in [0.29, 0.717) is 25.9 Å². The molecule has 0 fully saturated rings. The standard InChI is InChI=1S/C21H38O6Si/c1-6-11-18(26-20(23)13-12-19(22)25-14-7-2)21(24)27-28(15-8-3,16-9-4)17-10-5/h12-13,18H,6-11,14-17H2,1-5H3/b13-12+. The SMILES string of the molecule is CCCOC(=O)/C=C/C(=O)OC(CCC)C(=O)O[Si](CCC)(CCC)CCC. The first-order chi connectivity index (χ1) is 13.4. The Balaban J connectivity index is 5.07. The Bertz CT molecular complexity index is 486. The Kier molecular flexibility index (Phi) is 14.4. The lowest BCUT2D eigenvalue weighted by Crippen LogP contribution is -2.44. The van der Waals surface area contributed by atoms with Gasteiger partial charge in [0, 0.05) is 12.2 Å². The number of carbonyl (C=O) groups excluding carboxylic acids is 3. The van der Waals surface area contributed by atoms with Gasteiger partial charge in [0.25, 0.3) is 8.32 Å². The van der Waals surface area contributed by atoms with E-state index in [-0.39, 0.29) is 0 Å². The quantitative estimate of drug-likeness (QED) is 0.215. The second-order valence-corrected chi connectivity index (χ2v) is 11.1. The molecule has 0 aliphatic heterocycles. The fourth-order valence-electron chi connectivity index (χ4n) is 3.23. The van der Waals surface area contributed by atoms with Crippen LogP contribution in [0.4, 0.5) is 0 Å². The molecule has 0 spiro atoms. The molecule has 0 aromatic rings. The average Bonchev–Trinajstić information content (AvgIpc) is 2.65. The zero-order valence-electron chi connectivity index (χ0n) is 18.3. The average molecular weight is 415 g/mol. The molecule has 0 aliphatic carbocycles. The summed E-state index contributed by atoms with van der Waals surface area (Å²) in [5, 5.41) is 0. The van der Waals surface area contributed by atoms with Crippen LogP contribution in [0.15, 0.2) is 12.2 Å². The highest BCUT2D eigenvalue weighted by Crippen LogP contribution is 2.28. The van der Waals surface area contributed by atoms with Gasteiger partial charge in [-0.3, -0.25) is 0 Å². The van der Waals surface area contributed by atoms with Crippen molar-refractivity contribution in [3.8, 4) is 0 Å². The monoisotopic (exact) mass is 414 g/mol. The zero-order chi connectivity index (χ0) is 21.4. The van der Waals surface area contributed by atoms with E-state index in [0.717, 1.165) is 49.5 Å². The molecule has 0 rings (SSSR count). The molecule has 1 atom stereocenters. The number of carbonyl (C=O) groups is 3. The van der Waals surface area contributed by atoms with Gasteiger partial charge in [-0.05, 0) is 31.0 Å². The lowest BCUT2D eigenvalue weighted by Gasteiger charge is -2.32. The van der Waals surface area contributed by atoms with E-state index in [2.05, 4.69) is 20.8 Å². The Morgan fingerprint density at radius 2 is 1.32 bits per heavy atom. The molecule has 0 saturated carbocycles. The third-order valence-electron chi connectivity index (χ3n) is 4.31. The molecule has 0 heterocycles. The Morgan fingerprint density at radius 1 is 0.786 bits per heavy atom. The van der Waals surface area contributed by atoms with E-state index in [9.17, 15) is 14.4 Å². The summed E-state index contributed by atoms with van der Waals surface area (Å²) in [6.07, 6.45) is 5.78. The van der Waals surface area contributed by atoms with Crippen LogP contribution in [0.3, 0.4) is 0 Å². The molecule has 0 aromatic heterocycles. The van der Waals surface area contributed by atoms with Crippen molar-refractivity contribution >= 4 is 26.2 Å². The maximum Gasteiger partial charge on any atom is 0.334 e. The fraction of sp³-hybridized carbons (Fsp3) is 0.762. The number of ether oxygens (including phenoxy) is 2. The van der Waals surface area contributed by atoms with Crippen molar-refractivity contribution in [2.75, 3.05) is 6.61 Å². The van der Waals surface area contributed by atoms with Crippen molar-refractivity contribution in [2.24, 2.45) is 0 Å². The molecule has 0 bridgehead atoms. The molecule has 0 saturated heterocycles. The second-order valence-electron chi connectivity index (χ2n) is 7.07. The van der Waals surface area contributed by atoms with Gasteiger partial charge in [-0.15, -0.1) is 0 Å². The summed E-state index contributed by atoms with van der Waals surface area (Å²) in [5.41, 5.74) is 0. The van der Waals surface area contributed by atoms with Crippen LogP contribution in [0, 0.1) is 0 Å². The van der Waals surface area contributed by atoms with Crippen molar-refractivity contribution in [2.45, 2.75) is 97.4 Å². The van der Waals surface area contributed by atoms with E-state index in [1.54, 1.807) is 0 Å². The third kappa shape index (κ3) is 10.6. The van der Waals surface area contributed by atoms with E-state index in [4.69, 9.17) is 13.9 Å². The van der Waals surface area contributed by atoms with Gasteiger partial charge in [0.15, 0.2) is 6.10 Å².